The average molecular weight is 342 g/mol. The zero-order valence-corrected chi connectivity index (χ0v) is 11.7. The molecule has 1 aromatic rings. The van der Waals surface area contributed by atoms with Gasteiger partial charge in [0.1, 0.15) is 4.90 Å². The summed E-state index contributed by atoms with van der Waals surface area (Å²) in [6, 6.07) is 1.94. The number of halogens is 2. The fourth-order valence-corrected chi connectivity index (χ4v) is 2.84. The zero-order valence-electron chi connectivity index (χ0n) is 9.35. The molecule has 0 fully saturated rings. The van der Waals surface area contributed by atoms with Gasteiger partial charge >= 0.3 is 5.97 Å². The molecule has 0 saturated carbocycles. The second kappa shape index (κ2) is 5.31. The maximum absolute atomic E-state index is 13.8. The number of aromatic carboxylic acids is 1. The molecule has 0 heterocycles. The van der Waals surface area contributed by atoms with Gasteiger partial charge in [-0.3, -0.25) is 4.84 Å². The molecule has 1 N–H and O–H groups in total. The highest BCUT2D eigenvalue weighted by Crippen LogP contribution is 2.26. The van der Waals surface area contributed by atoms with Crippen LogP contribution < -0.4 is 0 Å². The Morgan fingerprint density at radius 3 is 2.50 bits per heavy atom. The van der Waals surface area contributed by atoms with Crippen molar-refractivity contribution < 1.29 is 27.5 Å². The normalized spacial score (nSPS) is 11.8. The van der Waals surface area contributed by atoms with Gasteiger partial charge < -0.3 is 5.11 Å². The molecule has 0 radical (unpaired) electrons. The van der Waals surface area contributed by atoms with Gasteiger partial charge in [0.15, 0.2) is 5.82 Å². The van der Waals surface area contributed by atoms with Crippen LogP contribution in [0.2, 0.25) is 0 Å². The van der Waals surface area contributed by atoms with Crippen molar-refractivity contribution >= 4 is 31.9 Å². The van der Waals surface area contributed by atoms with Crippen molar-refractivity contribution in [3.05, 3.63) is 28.0 Å². The lowest BCUT2D eigenvalue weighted by molar-refractivity contribution is -0.0260. The summed E-state index contributed by atoms with van der Waals surface area (Å²) in [5.74, 6) is -2.90. The quantitative estimate of drug-likeness (QED) is 0.838. The van der Waals surface area contributed by atoms with Crippen LogP contribution in [0.15, 0.2) is 21.5 Å². The molecule has 0 aliphatic heterocycles. The maximum Gasteiger partial charge on any atom is 0.338 e. The van der Waals surface area contributed by atoms with E-state index in [1.807, 2.05) is 0 Å². The molecule has 0 aromatic heterocycles. The standard InChI is InChI=1S/C9H9BrFNO5S/c1-12(17-2)18(15,16)7-4-5(10)3-6(8(7)11)9(13)14/h3-4H,1-2H3,(H,13,14). The van der Waals surface area contributed by atoms with E-state index in [9.17, 15) is 17.6 Å². The van der Waals surface area contributed by atoms with E-state index < -0.39 is 32.3 Å². The Labute approximate surface area is 111 Å². The van der Waals surface area contributed by atoms with Gasteiger partial charge in [0, 0.05) is 11.5 Å². The lowest BCUT2D eigenvalue weighted by Gasteiger charge is -2.15. The van der Waals surface area contributed by atoms with E-state index in [1.54, 1.807) is 0 Å². The average Bonchev–Trinajstić information content (AvgIpc) is 2.29. The smallest absolute Gasteiger partial charge is 0.338 e. The molecule has 0 bridgehead atoms. The molecule has 0 aliphatic carbocycles. The molecule has 0 amide bonds. The van der Waals surface area contributed by atoms with E-state index >= 15 is 0 Å². The summed E-state index contributed by atoms with van der Waals surface area (Å²) >= 11 is 2.93. The first-order valence-electron chi connectivity index (χ1n) is 4.47. The molecule has 1 aromatic carbocycles. The maximum atomic E-state index is 13.8. The Balaban J connectivity index is 3.57. The number of carbonyl (C=O) groups is 1. The third-order valence-corrected chi connectivity index (χ3v) is 4.24. The topological polar surface area (TPSA) is 83.9 Å². The van der Waals surface area contributed by atoms with Gasteiger partial charge in [-0.15, -0.1) is 0 Å². The predicted molar refractivity (Wildman–Crippen MR) is 63.0 cm³/mol. The predicted octanol–water partition coefficient (Wildman–Crippen LogP) is 1.47. The van der Waals surface area contributed by atoms with E-state index in [0.717, 1.165) is 26.3 Å². The minimum atomic E-state index is -4.26. The number of hydroxylamine groups is 1. The fraction of sp³-hybridized carbons (Fsp3) is 0.222. The first-order valence-corrected chi connectivity index (χ1v) is 6.70. The highest BCUT2D eigenvalue weighted by molar-refractivity contribution is 9.10. The summed E-state index contributed by atoms with van der Waals surface area (Å²) < 4.78 is 38.1. The Hall–Kier alpha value is -1.03. The number of hydrogen-bond donors (Lipinski definition) is 1. The van der Waals surface area contributed by atoms with Crippen molar-refractivity contribution in [2.75, 3.05) is 14.2 Å². The number of nitrogens with zero attached hydrogens (tertiary/aromatic N) is 1. The van der Waals surface area contributed by atoms with Crippen LogP contribution in [0.3, 0.4) is 0 Å². The van der Waals surface area contributed by atoms with Crippen LogP contribution in [0.25, 0.3) is 0 Å². The summed E-state index contributed by atoms with van der Waals surface area (Å²) in [6.45, 7) is 0. The molecule has 6 nitrogen and oxygen atoms in total. The summed E-state index contributed by atoms with van der Waals surface area (Å²) in [7, 11) is -2.10. The van der Waals surface area contributed by atoms with E-state index in [0.29, 0.717) is 4.47 Å². The highest BCUT2D eigenvalue weighted by atomic mass is 79.9. The molecule has 100 valence electrons. The van der Waals surface area contributed by atoms with Crippen molar-refractivity contribution in [1.82, 2.24) is 4.47 Å². The van der Waals surface area contributed by atoms with Crippen molar-refractivity contribution in [2.24, 2.45) is 0 Å². The number of hydrogen-bond acceptors (Lipinski definition) is 4. The lowest BCUT2D eigenvalue weighted by Crippen LogP contribution is -2.27. The van der Waals surface area contributed by atoms with Crippen molar-refractivity contribution in [1.29, 1.82) is 0 Å². The Bertz CT molecular complexity index is 589. The zero-order chi connectivity index (χ0) is 14.1. The van der Waals surface area contributed by atoms with Gasteiger partial charge in [-0.1, -0.05) is 20.4 Å². The summed E-state index contributed by atoms with van der Waals surface area (Å²) in [5, 5.41) is 8.78. The summed E-state index contributed by atoms with van der Waals surface area (Å²) in [4.78, 5) is 14.5. The number of rotatable bonds is 4. The second-order valence-corrected chi connectivity index (χ2v) is 5.99. The molecular weight excluding hydrogens is 333 g/mol. The van der Waals surface area contributed by atoms with Crippen LogP contribution in [-0.4, -0.2) is 38.1 Å². The van der Waals surface area contributed by atoms with E-state index in [2.05, 4.69) is 20.8 Å². The second-order valence-electron chi connectivity index (χ2n) is 3.17. The Morgan fingerprint density at radius 1 is 1.50 bits per heavy atom. The molecule has 0 atom stereocenters. The molecule has 1 rings (SSSR count). The van der Waals surface area contributed by atoms with Gasteiger partial charge in [-0.25, -0.2) is 17.6 Å². The third kappa shape index (κ3) is 2.69. The summed E-state index contributed by atoms with van der Waals surface area (Å²) in [5.41, 5.74) is -0.743. The number of benzene rings is 1. The van der Waals surface area contributed by atoms with Crippen LogP contribution in [0.5, 0.6) is 0 Å². The molecular formula is C9H9BrFNO5S. The van der Waals surface area contributed by atoms with E-state index in [-0.39, 0.29) is 4.47 Å². The summed E-state index contributed by atoms with van der Waals surface area (Å²) in [6.07, 6.45) is 0. The van der Waals surface area contributed by atoms with E-state index in [4.69, 9.17) is 5.11 Å². The number of carboxylic acid groups (broad SMARTS) is 1. The molecule has 0 unspecified atom stereocenters. The van der Waals surface area contributed by atoms with Crippen molar-refractivity contribution in [3.8, 4) is 0 Å². The van der Waals surface area contributed by atoms with Crippen molar-refractivity contribution in [2.45, 2.75) is 4.90 Å². The van der Waals surface area contributed by atoms with Gasteiger partial charge in [0.25, 0.3) is 10.0 Å². The molecule has 0 saturated heterocycles. The fourth-order valence-electron chi connectivity index (χ4n) is 1.14. The molecule has 9 heteroatoms. The number of sulfonamides is 1. The van der Waals surface area contributed by atoms with Crippen LogP contribution in [0.4, 0.5) is 4.39 Å². The van der Waals surface area contributed by atoms with Crippen LogP contribution in [-0.2, 0) is 14.9 Å². The van der Waals surface area contributed by atoms with Crippen molar-refractivity contribution in [3.63, 3.8) is 0 Å². The molecule has 0 aliphatic rings. The minimum absolute atomic E-state index is 0.129. The highest BCUT2D eigenvalue weighted by Gasteiger charge is 2.28. The first kappa shape index (κ1) is 15.0. The van der Waals surface area contributed by atoms with Crippen LogP contribution in [0, 0.1) is 5.82 Å². The monoisotopic (exact) mass is 341 g/mol. The van der Waals surface area contributed by atoms with E-state index in [1.165, 1.54) is 0 Å². The van der Waals surface area contributed by atoms with Gasteiger partial charge in [-0.2, -0.15) is 0 Å². The Kier molecular flexibility index (Phi) is 4.43. The van der Waals surface area contributed by atoms with Gasteiger partial charge in [-0.05, 0) is 12.1 Å². The first-order chi connectivity index (χ1) is 8.21. The largest absolute Gasteiger partial charge is 0.478 e. The molecule has 0 spiro atoms. The van der Waals surface area contributed by atoms with Gasteiger partial charge in [0.05, 0.1) is 12.7 Å². The van der Waals surface area contributed by atoms with Crippen LogP contribution in [0.1, 0.15) is 10.4 Å². The number of carboxylic acids is 1. The van der Waals surface area contributed by atoms with Gasteiger partial charge in [0.2, 0.25) is 0 Å². The lowest BCUT2D eigenvalue weighted by atomic mass is 10.2. The SMILES string of the molecule is CON(C)S(=O)(=O)c1cc(Br)cc(C(=O)O)c1F. The molecule has 18 heavy (non-hydrogen) atoms. The third-order valence-electron chi connectivity index (χ3n) is 2.11. The minimum Gasteiger partial charge on any atom is -0.478 e. The Morgan fingerprint density at radius 2 is 2.06 bits per heavy atom. The van der Waals surface area contributed by atoms with Crippen LogP contribution >= 0.6 is 15.9 Å².